The normalized spacial score (nSPS) is 18.6. The van der Waals surface area contributed by atoms with E-state index in [9.17, 15) is 9.59 Å². The van der Waals surface area contributed by atoms with Crippen LogP contribution in [0, 0.1) is 6.92 Å². The number of nitrogens with one attached hydrogen (secondary N) is 2. The summed E-state index contributed by atoms with van der Waals surface area (Å²) in [5.74, 6) is 0.572. The molecule has 1 aromatic rings. The fourth-order valence-electron chi connectivity index (χ4n) is 1.89. The molecule has 2 N–H and O–H groups in total. The lowest BCUT2D eigenvalue weighted by Gasteiger charge is -2.24. The zero-order chi connectivity index (χ0) is 13.8. The summed E-state index contributed by atoms with van der Waals surface area (Å²) in [6.45, 7) is 2.26. The Balaban J connectivity index is 2.16. The van der Waals surface area contributed by atoms with Gasteiger partial charge >= 0.3 is 5.97 Å². The third-order valence-corrected chi connectivity index (χ3v) is 2.92. The fourth-order valence-corrected chi connectivity index (χ4v) is 1.89. The molecule has 102 valence electrons. The van der Waals surface area contributed by atoms with Crippen molar-refractivity contribution in [3.63, 3.8) is 0 Å². The smallest absolute Gasteiger partial charge is 0.343 e. The maximum absolute atomic E-state index is 11.6. The molecule has 1 saturated heterocycles. The molecule has 1 unspecified atom stereocenters. The number of aryl methyl sites for hydroxylation is 1. The molecule has 0 spiro atoms. The highest BCUT2D eigenvalue weighted by Crippen LogP contribution is 2.16. The van der Waals surface area contributed by atoms with Gasteiger partial charge in [-0.3, -0.25) is 4.79 Å². The summed E-state index contributed by atoms with van der Waals surface area (Å²) in [5.41, 5.74) is 0.296. The molecule has 2 rings (SSSR count). The molecule has 19 heavy (non-hydrogen) atoms. The van der Waals surface area contributed by atoms with Crippen molar-refractivity contribution in [2.45, 2.75) is 25.8 Å². The number of rotatable bonds is 3. The molecule has 1 amide bonds. The van der Waals surface area contributed by atoms with Gasteiger partial charge < -0.3 is 15.4 Å². The van der Waals surface area contributed by atoms with Crippen LogP contribution in [0.1, 0.15) is 29.0 Å². The highest BCUT2D eigenvalue weighted by molar-refractivity contribution is 5.94. The summed E-state index contributed by atoms with van der Waals surface area (Å²) < 4.78 is 4.69. The number of hydrogen-bond donors (Lipinski definition) is 2. The van der Waals surface area contributed by atoms with E-state index in [1.54, 1.807) is 6.92 Å². The van der Waals surface area contributed by atoms with Gasteiger partial charge in [0.05, 0.1) is 7.11 Å². The monoisotopic (exact) mass is 264 g/mol. The highest BCUT2D eigenvalue weighted by Gasteiger charge is 2.21. The zero-order valence-electron chi connectivity index (χ0n) is 10.9. The first-order chi connectivity index (χ1) is 9.10. The number of carbonyl (C=O) groups is 2. The van der Waals surface area contributed by atoms with Crippen LogP contribution in [0.5, 0.6) is 0 Å². The number of carbonyl (C=O) groups excluding carboxylic acids is 2. The van der Waals surface area contributed by atoms with Crippen molar-refractivity contribution in [3.8, 4) is 0 Å². The Hall–Kier alpha value is -2.18. The van der Waals surface area contributed by atoms with Crippen LogP contribution in [0.2, 0.25) is 0 Å². The minimum absolute atomic E-state index is 0.0464. The van der Waals surface area contributed by atoms with Gasteiger partial charge in [0.25, 0.3) is 0 Å². The average Bonchev–Trinajstić information content (AvgIpc) is 2.41. The van der Waals surface area contributed by atoms with E-state index >= 15 is 0 Å². The lowest BCUT2D eigenvalue weighted by atomic mass is 10.1. The first-order valence-corrected chi connectivity index (χ1v) is 6.05. The number of piperidine rings is 1. The molecule has 1 aromatic heterocycles. The predicted molar refractivity (Wildman–Crippen MR) is 67.8 cm³/mol. The fraction of sp³-hybridized carbons (Fsp3) is 0.500. The molecule has 1 atom stereocenters. The Morgan fingerprint density at radius 3 is 3.00 bits per heavy atom. The number of hydrogen-bond acceptors (Lipinski definition) is 6. The number of aromatic nitrogens is 2. The van der Waals surface area contributed by atoms with Crippen LogP contribution in [0.15, 0.2) is 6.20 Å². The van der Waals surface area contributed by atoms with Crippen molar-refractivity contribution in [3.05, 3.63) is 17.6 Å². The van der Waals surface area contributed by atoms with Crippen molar-refractivity contribution < 1.29 is 14.3 Å². The van der Waals surface area contributed by atoms with Gasteiger partial charge in [-0.05, 0) is 13.3 Å². The highest BCUT2D eigenvalue weighted by atomic mass is 16.5. The van der Waals surface area contributed by atoms with E-state index in [0.717, 1.165) is 0 Å². The molecule has 1 aliphatic rings. The number of methoxy groups -OCH3 is 1. The van der Waals surface area contributed by atoms with E-state index in [1.165, 1.54) is 13.3 Å². The van der Waals surface area contributed by atoms with Crippen LogP contribution in [0.25, 0.3) is 0 Å². The molecule has 0 aliphatic carbocycles. The molecule has 2 heterocycles. The number of ether oxygens (including phenoxy) is 1. The van der Waals surface area contributed by atoms with Gasteiger partial charge in [0, 0.05) is 25.2 Å². The minimum atomic E-state index is -0.484. The van der Waals surface area contributed by atoms with Crippen molar-refractivity contribution in [1.82, 2.24) is 15.3 Å². The van der Waals surface area contributed by atoms with Gasteiger partial charge in [0.15, 0.2) is 0 Å². The summed E-state index contributed by atoms with van der Waals surface area (Å²) in [5, 5.41) is 5.93. The largest absolute Gasteiger partial charge is 0.465 e. The molecule has 0 aromatic carbocycles. The maximum Gasteiger partial charge on any atom is 0.343 e. The molecular formula is C12H16N4O3. The predicted octanol–water partition coefficient (Wildman–Crippen LogP) is 0.262. The summed E-state index contributed by atoms with van der Waals surface area (Å²) in [6.07, 6.45) is 2.61. The second-order valence-electron chi connectivity index (χ2n) is 4.36. The van der Waals surface area contributed by atoms with Crippen molar-refractivity contribution in [1.29, 1.82) is 0 Å². The van der Waals surface area contributed by atoms with Crippen LogP contribution in [-0.2, 0) is 9.53 Å². The lowest BCUT2D eigenvalue weighted by molar-refractivity contribution is -0.122. The molecule has 0 bridgehead atoms. The second-order valence-corrected chi connectivity index (χ2v) is 4.36. The van der Waals surface area contributed by atoms with Gasteiger partial charge in [-0.2, -0.15) is 0 Å². The van der Waals surface area contributed by atoms with E-state index < -0.39 is 5.97 Å². The average molecular weight is 264 g/mol. The molecule has 7 heteroatoms. The Kier molecular flexibility index (Phi) is 3.94. The van der Waals surface area contributed by atoms with Crippen LogP contribution in [0.4, 0.5) is 5.82 Å². The number of nitrogens with zero attached hydrogens (tertiary/aromatic N) is 2. The molecule has 1 aliphatic heterocycles. The number of amides is 1. The van der Waals surface area contributed by atoms with Gasteiger partial charge in [-0.25, -0.2) is 14.8 Å². The quantitative estimate of drug-likeness (QED) is 0.761. The molecule has 1 fully saturated rings. The van der Waals surface area contributed by atoms with Gasteiger partial charge in [0.1, 0.15) is 17.2 Å². The van der Waals surface area contributed by atoms with Gasteiger partial charge in [-0.1, -0.05) is 0 Å². The van der Waals surface area contributed by atoms with Gasteiger partial charge in [-0.15, -0.1) is 0 Å². The maximum atomic E-state index is 11.6. The van der Waals surface area contributed by atoms with E-state index in [4.69, 9.17) is 4.74 Å². The van der Waals surface area contributed by atoms with Crippen LogP contribution in [0.3, 0.4) is 0 Å². The lowest BCUT2D eigenvalue weighted by Crippen LogP contribution is -2.42. The van der Waals surface area contributed by atoms with E-state index in [-0.39, 0.29) is 11.9 Å². The molecule has 7 nitrogen and oxygen atoms in total. The zero-order valence-corrected chi connectivity index (χ0v) is 10.9. The van der Waals surface area contributed by atoms with Gasteiger partial charge in [0.2, 0.25) is 5.91 Å². The van der Waals surface area contributed by atoms with Crippen LogP contribution >= 0.6 is 0 Å². The SMILES string of the molecule is COC(=O)c1cnc(C)nc1NC1CCC(=O)NC1. The van der Waals surface area contributed by atoms with Crippen molar-refractivity contribution >= 4 is 17.7 Å². The van der Waals surface area contributed by atoms with Crippen LogP contribution in [-0.4, -0.2) is 41.5 Å². The first kappa shape index (κ1) is 13.3. The summed E-state index contributed by atoms with van der Waals surface area (Å²) in [7, 11) is 1.31. The minimum Gasteiger partial charge on any atom is -0.465 e. The third kappa shape index (κ3) is 3.18. The topological polar surface area (TPSA) is 93.2 Å². The van der Waals surface area contributed by atoms with E-state index in [1.807, 2.05) is 0 Å². The molecular weight excluding hydrogens is 248 g/mol. The Bertz CT molecular complexity index is 494. The van der Waals surface area contributed by atoms with Crippen molar-refractivity contribution in [2.24, 2.45) is 0 Å². The third-order valence-electron chi connectivity index (χ3n) is 2.92. The Morgan fingerprint density at radius 2 is 2.37 bits per heavy atom. The Labute approximate surface area is 110 Å². The number of anilines is 1. The van der Waals surface area contributed by atoms with E-state index in [2.05, 4.69) is 20.6 Å². The summed E-state index contributed by atoms with van der Waals surface area (Å²) >= 11 is 0. The second kappa shape index (κ2) is 5.64. The standard InChI is InChI=1S/C12H16N4O3/c1-7-13-6-9(12(18)19-2)11(15-7)16-8-3-4-10(17)14-5-8/h6,8H,3-5H2,1-2H3,(H,14,17)(H,13,15,16). The Morgan fingerprint density at radius 1 is 1.58 bits per heavy atom. The summed E-state index contributed by atoms with van der Waals surface area (Å²) in [4.78, 5) is 30.9. The van der Waals surface area contributed by atoms with Crippen molar-refractivity contribution in [2.75, 3.05) is 19.0 Å². The number of esters is 1. The summed E-state index contributed by atoms with van der Waals surface area (Å²) in [6, 6.07) is 0.0513. The first-order valence-electron chi connectivity index (χ1n) is 6.05. The molecule has 0 radical (unpaired) electrons. The van der Waals surface area contributed by atoms with E-state index in [0.29, 0.717) is 36.6 Å². The molecule has 0 saturated carbocycles. The van der Waals surface area contributed by atoms with Crippen LogP contribution < -0.4 is 10.6 Å².